The molecule has 198 valence electrons. The highest BCUT2D eigenvalue weighted by Crippen LogP contribution is 2.55. The molecule has 1 fully saturated rings. The first-order chi connectivity index (χ1) is 18.8. The highest BCUT2D eigenvalue weighted by molar-refractivity contribution is 7.99. The van der Waals surface area contributed by atoms with Crippen LogP contribution in [0.2, 0.25) is 0 Å². The number of fused-ring (bicyclic) bond motifs is 3. The molecule has 1 atom stereocenters. The molecular weight excluding hydrogens is 523 g/mol. The summed E-state index contributed by atoms with van der Waals surface area (Å²) in [5.41, 5.74) is 3.81. The lowest BCUT2D eigenvalue weighted by molar-refractivity contribution is -0.138. The summed E-state index contributed by atoms with van der Waals surface area (Å²) >= 11 is 1.63. The molecule has 0 radical (unpaired) electrons. The molecule has 0 saturated heterocycles. The molecule has 0 amide bonds. The van der Waals surface area contributed by atoms with Crippen LogP contribution in [0.3, 0.4) is 0 Å². The molecule has 4 nitrogen and oxygen atoms in total. The molecule has 4 aromatic rings. The number of nitrogens with zero attached hydrogens (tertiary/aromatic N) is 1. The van der Waals surface area contributed by atoms with Gasteiger partial charge >= 0.3 is 5.97 Å². The van der Waals surface area contributed by atoms with Gasteiger partial charge in [0, 0.05) is 28.3 Å². The third kappa shape index (κ3) is 5.26. The van der Waals surface area contributed by atoms with Gasteiger partial charge in [-0.05, 0) is 65.8 Å². The van der Waals surface area contributed by atoms with Gasteiger partial charge in [-0.25, -0.2) is 18.2 Å². The fraction of sp³-hybridized carbons (Fsp3) is 0.226. The minimum absolute atomic E-state index is 0.111. The largest absolute Gasteiger partial charge is 0.488 e. The van der Waals surface area contributed by atoms with Crippen LogP contribution in [-0.2, 0) is 11.4 Å². The molecule has 0 spiro atoms. The van der Waals surface area contributed by atoms with Crippen LogP contribution < -0.4 is 4.74 Å². The highest BCUT2D eigenvalue weighted by atomic mass is 32.2. The van der Waals surface area contributed by atoms with Crippen molar-refractivity contribution in [2.24, 2.45) is 5.41 Å². The maximum atomic E-state index is 14.8. The lowest BCUT2D eigenvalue weighted by Crippen LogP contribution is -2.13. The van der Waals surface area contributed by atoms with Crippen molar-refractivity contribution in [2.45, 2.75) is 31.1 Å². The van der Waals surface area contributed by atoms with E-state index in [4.69, 9.17) is 4.74 Å². The standard InChI is InChI=1S/C31H24F3NO3S/c32-24-3-1-2-21-23(24)16-38-28-9-5-18(12-22(28)30(21)39-17-31(10-11-31)15-29(36)37)4-7-20-8-6-19-13-25(33)26(34)14-27(19)35-20/h1-9,12-14,30H,10-11,15-17H2,(H,36,37). The Morgan fingerprint density at radius 1 is 1.00 bits per heavy atom. The molecule has 6 rings (SSSR count). The zero-order chi connectivity index (χ0) is 27.1. The number of carboxylic acid groups (broad SMARTS) is 1. The smallest absolute Gasteiger partial charge is 0.303 e. The van der Waals surface area contributed by atoms with E-state index >= 15 is 0 Å². The molecule has 0 bridgehead atoms. The van der Waals surface area contributed by atoms with Crippen LogP contribution in [0.4, 0.5) is 13.2 Å². The predicted octanol–water partition coefficient (Wildman–Crippen LogP) is 7.79. The first-order valence-electron chi connectivity index (χ1n) is 12.6. The van der Waals surface area contributed by atoms with Crippen molar-refractivity contribution in [3.8, 4) is 5.75 Å². The molecule has 2 aliphatic rings. The number of carbonyl (C=O) groups is 1. The van der Waals surface area contributed by atoms with Gasteiger partial charge in [0.1, 0.15) is 18.2 Å². The summed E-state index contributed by atoms with van der Waals surface area (Å²) in [4.78, 5) is 15.8. The van der Waals surface area contributed by atoms with Gasteiger partial charge in [-0.3, -0.25) is 4.79 Å². The Balaban J connectivity index is 1.33. The molecule has 3 aromatic carbocycles. The van der Waals surface area contributed by atoms with Crippen molar-refractivity contribution < 1.29 is 27.8 Å². The Morgan fingerprint density at radius 3 is 2.62 bits per heavy atom. The van der Waals surface area contributed by atoms with Crippen molar-refractivity contribution in [3.05, 3.63) is 106 Å². The van der Waals surface area contributed by atoms with Gasteiger partial charge in [0.05, 0.1) is 22.9 Å². The number of benzene rings is 3. The summed E-state index contributed by atoms with van der Waals surface area (Å²) in [6.45, 7) is 0.111. The van der Waals surface area contributed by atoms with Crippen LogP contribution in [-0.4, -0.2) is 21.8 Å². The maximum absolute atomic E-state index is 14.8. The van der Waals surface area contributed by atoms with E-state index in [-0.39, 0.29) is 29.5 Å². The molecule has 1 N–H and O–H groups in total. The Kier molecular flexibility index (Phi) is 6.59. The Bertz CT molecular complexity index is 1630. The van der Waals surface area contributed by atoms with E-state index in [1.54, 1.807) is 36.0 Å². The van der Waals surface area contributed by atoms with Gasteiger partial charge in [-0.15, -0.1) is 11.8 Å². The summed E-state index contributed by atoms with van der Waals surface area (Å²) in [6, 6.07) is 16.4. The van der Waals surface area contributed by atoms with Crippen molar-refractivity contribution in [1.82, 2.24) is 4.98 Å². The number of ether oxygens (including phenoxy) is 1. The minimum Gasteiger partial charge on any atom is -0.488 e. The van der Waals surface area contributed by atoms with Crippen LogP contribution in [0, 0.1) is 22.9 Å². The van der Waals surface area contributed by atoms with E-state index in [1.807, 2.05) is 30.3 Å². The first-order valence-corrected chi connectivity index (χ1v) is 13.7. The molecule has 39 heavy (non-hydrogen) atoms. The summed E-state index contributed by atoms with van der Waals surface area (Å²) in [5.74, 6) is -1.67. The summed E-state index contributed by atoms with van der Waals surface area (Å²) in [5, 5.41) is 9.65. The van der Waals surface area contributed by atoms with E-state index in [9.17, 15) is 23.1 Å². The first kappa shape index (κ1) is 25.5. The quantitative estimate of drug-likeness (QED) is 0.256. The highest BCUT2D eigenvalue weighted by Gasteiger charge is 2.45. The van der Waals surface area contributed by atoms with Gasteiger partial charge < -0.3 is 9.84 Å². The van der Waals surface area contributed by atoms with E-state index in [2.05, 4.69) is 4.98 Å². The fourth-order valence-corrected chi connectivity index (χ4v) is 6.69. The summed E-state index contributed by atoms with van der Waals surface area (Å²) < 4.78 is 48.1. The van der Waals surface area contributed by atoms with Crippen molar-refractivity contribution in [1.29, 1.82) is 0 Å². The lowest BCUT2D eigenvalue weighted by Gasteiger charge is -2.22. The minimum atomic E-state index is -0.946. The fourth-order valence-electron chi connectivity index (χ4n) is 5.02. The topological polar surface area (TPSA) is 59.4 Å². The monoisotopic (exact) mass is 547 g/mol. The van der Waals surface area contributed by atoms with Crippen LogP contribution in [0.5, 0.6) is 5.75 Å². The Hall–Kier alpha value is -3.78. The van der Waals surface area contributed by atoms with Crippen LogP contribution in [0.1, 0.15) is 52.5 Å². The normalized spacial score (nSPS) is 17.4. The van der Waals surface area contributed by atoms with Crippen molar-refractivity contribution in [3.63, 3.8) is 0 Å². The SMILES string of the molecule is O=C(O)CC1(CSC2c3cc(C=Cc4ccc5cc(F)c(F)cc5n4)ccc3OCc3c(F)cccc32)CC1. The number of aromatic nitrogens is 1. The van der Waals surface area contributed by atoms with E-state index in [0.717, 1.165) is 41.7 Å². The maximum Gasteiger partial charge on any atom is 0.303 e. The van der Waals surface area contributed by atoms with Crippen LogP contribution >= 0.6 is 11.8 Å². The third-order valence-electron chi connectivity index (χ3n) is 7.36. The lowest BCUT2D eigenvalue weighted by atomic mass is 9.98. The zero-order valence-corrected chi connectivity index (χ0v) is 21.6. The summed E-state index contributed by atoms with van der Waals surface area (Å²) in [6.07, 6.45) is 5.54. The molecule has 1 aromatic heterocycles. The third-order valence-corrected chi connectivity index (χ3v) is 8.98. The molecule has 8 heteroatoms. The molecule has 1 aliphatic carbocycles. The number of aliphatic carboxylic acids is 1. The van der Waals surface area contributed by atoms with E-state index in [0.29, 0.717) is 33.7 Å². The molecule has 2 heterocycles. The molecule has 1 unspecified atom stereocenters. The average molecular weight is 548 g/mol. The van der Waals surface area contributed by atoms with E-state index in [1.165, 1.54) is 6.07 Å². The van der Waals surface area contributed by atoms with Crippen LogP contribution in [0.15, 0.2) is 60.7 Å². The zero-order valence-electron chi connectivity index (χ0n) is 20.8. The second-order valence-corrected chi connectivity index (χ2v) is 11.3. The average Bonchev–Trinajstić information content (AvgIpc) is 3.69. The molecule has 1 aliphatic heterocycles. The number of carboxylic acids is 1. The van der Waals surface area contributed by atoms with Gasteiger partial charge in [-0.1, -0.05) is 30.3 Å². The number of rotatable bonds is 7. The number of hydrogen-bond acceptors (Lipinski definition) is 4. The second-order valence-electron chi connectivity index (χ2n) is 10.2. The molecule has 1 saturated carbocycles. The second kappa shape index (κ2) is 10.1. The number of halogens is 3. The van der Waals surface area contributed by atoms with Crippen LogP contribution in [0.25, 0.3) is 23.1 Å². The Labute approximate surface area is 227 Å². The van der Waals surface area contributed by atoms with Gasteiger partial charge in [-0.2, -0.15) is 0 Å². The van der Waals surface area contributed by atoms with Gasteiger partial charge in [0.15, 0.2) is 11.6 Å². The number of pyridine rings is 1. The molecular formula is C31H24F3NO3S. The van der Waals surface area contributed by atoms with Crippen molar-refractivity contribution in [2.75, 3.05) is 5.75 Å². The van der Waals surface area contributed by atoms with Crippen molar-refractivity contribution >= 4 is 40.8 Å². The number of hydrogen-bond donors (Lipinski definition) is 1. The van der Waals surface area contributed by atoms with Gasteiger partial charge in [0.25, 0.3) is 0 Å². The van der Waals surface area contributed by atoms with Gasteiger partial charge in [0.2, 0.25) is 0 Å². The predicted molar refractivity (Wildman–Crippen MR) is 146 cm³/mol. The number of thioether (sulfide) groups is 1. The van der Waals surface area contributed by atoms with E-state index < -0.39 is 17.6 Å². The summed E-state index contributed by atoms with van der Waals surface area (Å²) in [7, 11) is 0. The Morgan fingerprint density at radius 2 is 1.82 bits per heavy atom.